The van der Waals surface area contributed by atoms with Crippen LogP contribution >= 0.6 is 0 Å². The van der Waals surface area contributed by atoms with Crippen LogP contribution in [0.3, 0.4) is 0 Å². The average molecular weight is 370 g/mol. The van der Waals surface area contributed by atoms with E-state index in [2.05, 4.69) is 13.8 Å². The van der Waals surface area contributed by atoms with Crippen molar-refractivity contribution in [1.82, 2.24) is 0 Å². The van der Waals surface area contributed by atoms with E-state index in [0.29, 0.717) is 30.5 Å². The summed E-state index contributed by atoms with van der Waals surface area (Å²) in [7, 11) is 0. The van der Waals surface area contributed by atoms with Gasteiger partial charge in [-0.15, -0.1) is 0 Å². The van der Waals surface area contributed by atoms with Crippen molar-refractivity contribution in [3.63, 3.8) is 0 Å². The quantitative estimate of drug-likeness (QED) is 0.264. The van der Waals surface area contributed by atoms with Gasteiger partial charge in [0.2, 0.25) is 0 Å². The number of carbonyl (C=O) groups excluding carboxylic acids is 2. The normalized spacial score (nSPS) is 36.9. The Morgan fingerprint density at radius 1 is 1.26 bits per heavy atom. The van der Waals surface area contributed by atoms with Crippen molar-refractivity contribution < 1.29 is 24.2 Å². The number of cyclic esters (lactones) is 1. The highest BCUT2D eigenvalue weighted by atomic mass is 16.6. The molecule has 0 bridgehead atoms. The second-order valence-electron chi connectivity index (χ2n) is 8.32. The number of hydrogen-bond donors (Lipinski definition) is 1. The number of fused-ring (bicyclic) bond motifs is 1. The topological polar surface area (TPSA) is 76.1 Å². The molecule has 2 fully saturated rings. The van der Waals surface area contributed by atoms with Crippen LogP contribution in [0.25, 0.3) is 0 Å². The zero-order chi connectivity index (χ0) is 19.9. The fourth-order valence-corrected chi connectivity index (χ4v) is 4.40. The lowest BCUT2D eigenvalue weighted by Gasteiger charge is -2.39. The number of rotatable bonds is 5. The van der Waals surface area contributed by atoms with Crippen LogP contribution in [0.4, 0.5) is 0 Å². The maximum Gasteiger partial charge on any atom is 0.343 e. The van der Waals surface area contributed by atoms with Gasteiger partial charge in [-0.25, -0.2) is 4.79 Å². The molecule has 1 saturated heterocycles. The molecule has 0 aromatic carbocycles. The molecule has 3 aliphatic rings. The molecule has 2 heterocycles. The summed E-state index contributed by atoms with van der Waals surface area (Å²) in [5.41, 5.74) is 0.198. The lowest BCUT2D eigenvalue weighted by Crippen LogP contribution is -2.46. The molecule has 1 aliphatic carbocycles. The van der Waals surface area contributed by atoms with Crippen molar-refractivity contribution in [3.05, 3.63) is 59.4 Å². The van der Waals surface area contributed by atoms with E-state index >= 15 is 0 Å². The molecule has 1 saturated carbocycles. The third-order valence-corrected chi connectivity index (χ3v) is 5.67. The summed E-state index contributed by atoms with van der Waals surface area (Å²) in [4.78, 5) is 22.5. The van der Waals surface area contributed by atoms with E-state index in [4.69, 9.17) is 9.47 Å². The molecule has 144 valence electrons. The monoisotopic (exact) mass is 370 g/mol. The van der Waals surface area contributed by atoms with E-state index in [0.717, 1.165) is 5.57 Å². The fraction of sp³-hybridized carbons (Fsp3) is 0.455. The predicted molar refractivity (Wildman–Crippen MR) is 102 cm³/mol. The molecule has 0 amide bonds. The van der Waals surface area contributed by atoms with E-state index in [1.165, 1.54) is 6.08 Å². The van der Waals surface area contributed by atoms with Crippen LogP contribution in [0.2, 0.25) is 0 Å². The van der Waals surface area contributed by atoms with Crippen LogP contribution in [0.15, 0.2) is 59.4 Å². The summed E-state index contributed by atoms with van der Waals surface area (Å²) in [5.74, 6) is 0.0596. The van der Waals surface area contributed by atoms with Crippen molar-refractivity contribution in [2.24, 2.45) is 5.41 Å². The van der Waals surface area contributed by atoms with Gasteiger partial charge in [0, 0.05) is 11.8 Å². The average Bonchev–Trinajstić information content (AvgIpc) is 3.02. The summed E-state index contributed by atoms with van der Waals surface area (Å²) in [6.45, 7) is 8.03. The number of carbonyl (C=O) groups is 2. The first-order valence-electron chi connectivity index (χ1n) is 9.14. The largest absolute Gasteiger partial charge is 0.423 e. The Hall–Kier alpha value is -2.24. The molecule has 3 rings (SSSR count). The molecule has 27 heavy (non-hydrogen) atoms. The molecule has 1 N–H and O–H groups in total. The van der Waals surface area contributed by atoms with Gasteiger partial charge in [0.1, 0.15) is 23.2 Å². The van der Waals surface area contributed by atoms with Gasteiger partial charge < -0.3 is 14.6 Å². The molecule has 5 nitrogen and oxygen atoms in total. The van der Waals surface area contributed by atoms with E-state index in [-0.39, 0.29) is 11.5 Å². The second-order valence-corrected chi connectivity index (χ2v) is 8.32. The zero-order valence-electron chi connectivity index (χ0n) is 16.2. The minimum Gasteiger partial charge on any atom is -0.423 e. The van der Waals surface area contributed by atoms with Gasteiger partial charge in [-0.05, 0) is 56.2 Å². The molecule has 2 aliphatic heterocycles. The SMILES string of the molecule is CC(/C=C1C=C(/C=C/[C@@]23O[C@]2(C)C[C@@H](O)CC3(C)C)C(=O)O/1)=C\C=C\C=O. The molecular weight excluding hydrogens is 344 g/mol. The smallest absolute Gasteiger partial charge is 0.343 e. The Balaban J connectivity index is 1.80. The van der Waals surface area contributed by atoms with Crippen molar-refractivity contribution in [3.8, 4) is 0 Å². The Labute approximate surface area is 159 Å². The van der Waals surface area contributed by atoms with E-state index < -0.39 is 17.2 Å². The Morgan fingerprint density at radius 3 is 2.67 bits per heavy atom. The van der Waals surface area contributed by atoms with Crippen LogP contribution in [-0.2, 0) is 19.1 Å². The Bertz CT molecular complexity index is 811. The maximum absolute atomic E-state index is 12.2. The van der Waals surface area contributed by atoms with Crippen LogP contribution in [0.1, 0.15) is 40.5 Å². The number of aliphatic hydroxyl groups is 1. The zero-order valence-corrected chi connectivity index (χ0v) is 16.2. The van der Waals surface area contributed by atoms with Gasteiger partial charge in [-0.2, -0.15) is 0 Å². The first kappa shape index (κ1) is 19.5. The highest BCUT2D eigenvalue weighted by Gasteiger charge is 2.74. The highest BCUT2D eigenvalue weighted by molar-refractivity contribution is 5.95. The molecule has 3 atom stereocenters. The van der Waals surface area contributed by atoms with Crippen LogP contribution in [0.5, 0.6) is 0 Å². The highest BCUT2D eigenvalue weighted by Crippen LogP contribution is 2.66. The number of esters is 1. The standard InChI is InChI=1S/C22H26O5/c1-15(7-5-6-10-23)11-18-12-16(19(25)26-18)8-9-22-20(2,3)13-17(24)14-21(22,4)27-22/h5-12,17,24H,13-14H2,1-4H3/b6-5+,9-8+,15-7+,18-11-/t17-,21+,22-/m0/s1. The van der Waals surface area contributed by atoms with Crippen LogP contribution < -0.4 is 0 Å². The van der Waals surface area contributed by atoms with Crippen molar-refractivity contribution in [2.75, 3.05) is 0 Å². The van der Waals surface area contributed by atoms with Gasteiger partial charge in [0.15, 0.2) is 0 Å². The Kier molecular flexibility index (Phi) is 4.87. The fourth-order valence-electron chi connectivity index (χ4n) is 4.40. The molecule has 0 spiro atoms. The van der Waals surface area contributed by atoms with Gasteiger partial charge >= 0.3 is 5.97 Å². The number of epoxide rings is 1. The number of allylic oxidation sites excluding steroid dienone is 6. The van der Waals surface area contributed by atoms with Crippen molar-refractivity contribution in [1.29, 1.82) is 0 Å². The van der Waals surface area contributed by atoms with Gasteiger partial charge in [0.25, 0.3) is 0 Å². The number of hydrogen-bond acceptors (Lipinski definition) is 5. The lowest BCUT2D eigenvalue weighted by atomic mass is 9.63. The van der Waals surface area contributed by atoms with Gasteiger partial charge in [0.05, 0.1) is 11.7 Å². The third-order valence-electron chi connectivity index (χ3n) is 5.67. The first-order valence-corrected chi connectivity index (χ1v) is 9.14. The van der Waals surface area contributed by atoms with Crippen molar-refractivity contribution in [2.45, 2.75) is 57.8 Å². The van der Waals surface area contributed by atoms with E-state index in [1.807, 2.05) is 19.9 Å². The van der Waals surface area contributed by atoms with Gasteiger partial charge in [-0.3, -0.25) is 4.79 Å². The summed E-state index contributed by atoms with van der Waals surface area (Å²) in [5, 5.41) is 10.1. The van der Waals surface area contributed by atoms with Gasteiger partial charge in [-0.1, -0.05) is 26.0 Å². The summed E-state index contributed by atoms with van der Waals surface area (Å²) >= 11 is 0. The molecule has 0 aromatic rings. The van der Waals surface area contributed by atoms with E-state index in [1.54, 1.807) is 30.4 Å². The minimum absolute atomic E-state index is 0.234. The van der Waals surface area contributed by atoms with Crippen LogP contribution in [0, 0.1) is 5.41 Å². The molecule has 5 heteroatoms. The summed E-state index contributed by atoms with van der Waals surface area (Å²) in [6.07, 6.45) is 13.5. The number of aliphatic hydroxyl groups excluding tert-OH is 1. The minimum atomic E-state index is -0.484. The second kappa shape index (κ2) is 6.73. The molecular formula is C22H26O5. The van der Waals surface area contributed by atoms with E-state index in [9.17, 15) is 14.7 Å². The Morgan fingerprint density at radius 2 is 2.00 bits per heavy atom. The first-order chi connectivity index (χ1) is 12.6. The molecule has 0 unspecified atom stereocenters. The van der Waals surface area contributed by atoms with Crippen molar-refractivity contribution >= 4 is 12.3 Å². The molecule has 0 aromatic heterocycles. The van der Waals surface area contributed by atoms with Crippen LogP contribution in [-0.4, -0.2) is 34.7 Å². The summed E-state index contributed by atoms with van der Waals surface area (Å²) in [6, 6.07) is 0. The summed E-state index contributed by atoms with van der Waals surface area (Å²) < 4.78 is 11.4. The third kappa shape index (κ3) is 3.49. The molecule has 0 radical (unpaired) electrons. The number of ether oxygens (including phenoxy) is 2. The lowest BCUT2D eigenvalue weighted by molar-refractivity contribution is -0.132. The maximum atomic E-state index is 12.2. The predicted octanol–water partition coefficient (Wildman–Crippen LogP) is 3.32. The number of aldehydes is 1.